The topological polar surface area (TPSA) is 141 Å². The molecule has 1 aliphatic carbocycles. The molecule has 4 aromatic rings. The number of carbonyl (C=O) groups is 1. The number of nitrogens with zero attached hydrogens (tertiary/aromatic N) is 5. The van der Waals surface area contributed by atoms with E-state index in [1.54, 1.807) is 41.2 Å². The number of sulfonamides is 1. The van der Waals surface area contributed by atoms with Crippen molar-refractivity contribution >= 4 is 27.6 Å². The Hall–Kier alpha value is -4.65. The van der Waals surface area contributed by atoms with Crippen molar-refractivity contribution in [2.45, 2.75) is 82.9 Å². The molecule has 13 heteroatoms. The van der Waals surface area contributed by atoms with E-state index in [0.29, 0.717) is 54.4 Å². The summed E-state index contributed by atoms with van der Waals surface area (Å²) in [6.07, 6.45) is 9.17. The van der Waals surface area contributed by atoms with Crippen molar-refractivity contribution in [2.24, 2.45) is 11.3 Å². The molecule has 2 aliphatic heterocycles. The Kier molecular flexibility index (Phi) is 9.19. The zero-order valence-electron chi connectivity index (χ0n) is 28.9. The highest BCUT2D eigenvalue weighted by molar-refractivity contribution is 7.90. The molecule has 1 saturated heterocycles. The molecule has 0 spiro atoms. The van der Waals surface area contributed by atoms with Gasteiger partial charge in [-0.15, -0.1) is 5.10 Å². The van der Waals surface area contributed by atoms with Crippen LogP contribution in [0.2, 0.25) is 0 Å². The maximum atomic E-state index is 14.0. The third-order valence-electron chi connectivity index (χ3n) is 10.0. The molecule has 4 bridgehead atoms. The lowest BCUT2D eigenvalue weighted by Crippen LogP contribution is -2.41. The molecule has 50 heavy (non-hydrogen) atoms. The average molecular weight is 700 g/mol. The third kappa shape index (κ3) is 7.57. The minimum absolute atomic E-state index is 0.0418. The number of rotatable bonds is 9. The fraction of sp³-hybridized carbons (Fsp3) is 0.459. The number of carbonyl (C=O) groups excluding carboxylic acids is 1. The van der Waals surface area contributed by atoms with Gasteiger partial charge >= 0.3 is 0 Å². The average Bonchev–Trinajstić information content (AvgIpc) is 3.49. The van der Waals surface area contributed by atoms with E-state index in [1.165, 1.54) is 12.8 Å². The molecule has 1 atom stereocenters. The van der Waals surface area contributed by atoms with E-state index >= 15 is 0 Å². The molecule has 7 rings (SSSR count). The minimum Gasteiger partial charge on any atom is -0.486 e. The minimum atomic E-state index is -4.48. The lowest BCUT2D eigenvalue weighted by molar-refractivity contribution is 0.0981. The van der Waals surface area contributed by atoms with Crippen LogP contribution in [0.5, 0.6) is 11.6 Å². The van der Waals surface area contributed by atoms with Gasteiger partial charge in [-0.3, -0.25) is 4.79 Å². The highest BCUT2D eigenvalue weighted by atomic mass is 32.2. The van der Waals surface area contributed by atoms with E-state index in [4.69, 9.17) is 14.5 Å². The van der Waals surface area contributed by atoms with Crippen molar-refractivity contribution in [3.05, 3.63) is 78.0 Å². The zero-order valence-corrected chi connectivity index (χ0v) is 29.7. The van der Waals surface area contributed by atoms with Crippen LogP contribution in [0, 0.1) is 11.3 Å². The lowest BCUT2D eigenvalue weighted by Gasteiger charge is -2.34. The summed E-state index contributed by atoms with van der Waals surface area (Å²) >= 11 is 0. The quantitative estimate of drug-likeness (QED) is 0.196. The van der Waals surface area contributed by atoms with Gasteiger partial charge in [-0.2, -0.15) is 8.42 Å². The van der Waals surface area contributed by atoms with Crippen LogP contribution in [-0.2, 0) is 16.6 Å². The van der Waals surface area contributed by atoms with Gasteiger partial charge in [-0.05, 0) is 100.0 Å². The van der Waals surface area contributed by atoms with Gasteiger partial charge in [0, 0.05) is 30.9 Å². The normalized spacial score (nSPS) is 20.4. The smallest absolute Gasteiger partial charge is 0.285 e. The maximum absolute atomic E-state index is 14.0. The van der Waals surface area contributed by atoms with Gasteiger partial charge in [-0.1, -0.05) is 37.3 Å². The molecular weight excluding hydrogens is 655 g/mol. The first-order valence-electron chi connectivity index (χ1n) is 17.4. The molecule has 5 heterocycles. The number of fused-ring (bicyclic) bond motifs is 6. The van der Waals surface area contributed by atoms with E-state index in [0.717, 1.165) is 37.7 Å². The SMILES string of the molecule is CC1(CCCOc2ccn(-c3ccc4c(n3)N3C[C@@H](CCCNc5ccc(OCc6ccccc6)c(n5)S(=O)(=O)NC4=O)CC3(C)C)n2)CC1. The second kappa shape index (κ2) is 13.6. The van der Waals surface area contributed by atoms with Gasteiger partial charge in [0.25, 0.3) is 15.9 Å². The predicted octanol–water partition coefficient (Wildman–Crippen LogP) is 6.13. The standard InChI is InChI=1S/C37H45N7O5S/c1-36(2)23-27-11-7-20-38-30-14-13-29(49-25-26-9-5-4-6-10-26)35(39-30)50(46,47)42-34(45)28-12-15-31(40-33(28)43(36)24-27)44-21-16-32(41-44)48-22-8-17-37(3)18-19-37/h4-6,9-10,12-16,21,27H,7-8,11,17-20,22-25H2,1-3H3,(H,38,39)(H,42,45)/t27-/m0/s1. The van der Waals surface area contributed by atoms with E-state index in [2.05, 4.69) is 45.8 Å². The largest absolute Gasteiger partial charge is 0.486 e. The Bertz CT molecular complexity index is 1960. The Morgan fingerprint density at radius 3 is 2.60 bits per heavy atom. The molecule has 264 valence electrons. The number of ether oxygens (including phenoxy) is 2. The monoisotopic (exact) mass is 699 g/mol. The number of pyridine rings is 2. The Morgan fingerprint density at radius 2 is 1.80 bits per heavy atom. The van der Waals surface area contributed by atoms with Crippen LogP contribution < -0.4 is 24.4 Å². The molecular formula is C37H45N7O5S. The van der Waals surface area contributed by atoms with Crippen molar-refractivity contribution in [3.63, 3.8) is 0 Å². The second-order valence-corrected chi connectivity index (χ2v) is 16.3. The fourth-order valence-corrected chi connectivity index (χ4v) is 8.01. The molecule has 1 amide bonds. The van der Waals surface area contributed by atoms with Crippen molar-refractivity contribution in [2.75, 3.05) is 29.9 Å². The van der Waals surface area contributed by atoms with Crippen LogP contribution in [0.25, 0.3) is 5.82 Å². The second-order valence-electron chi connectivity index (χ2n) is 14.7. The highest BCUT2D eigenvalue weighted by Crippen LogP contribution is 2.48. The molecule has 2 N–H and O–H groups in total. The van der Waals surface area contributed by atoms with E-state index in [1.807, 2.05) is 30.3 Å². The van der Waals surface area contributed by atoms with Crippen molar-refractivity contribution in [1.82, 2.24) is 24.5 Å². The molecule has 2 fully saturated rings. The molecule has 12 nitrogen and oxygen atoms in total. The van der Waals surface area contributed by atoms with Gasteiger partial charge in [0.05, 0.1) is 12.2 Å². The Labute approximate surface area is 293 Å². The van der Waals surface area contributed by atoms with Gasteiger partial charge in [0.1, 0.15) is 18.2 Å². The van der Waals surface area contributed by atoms with Gasteiger partial charge in [0.15, 0.2) is 11.6 Å². The van der Waals surface area contributed by atoms with Crippen LogP contribution in [0.1, 0.15) is 81.6 Å². The van der Waals surface area contributed by atoms with Crippen molar-refractivity contribution < 1.29 is 22.7 Å². The fourth-order valence-electron chi connectivity index (χ4n) is 6.95. The molecule has 0 radical (unpaired) electrons. The van der Waals surface area contributed by atoms with Crippen LogP contribution in [-0.4, -0.2) is 59.3 Å². The predicted molar refractivity (Wildman–Crippen MR) is 190 cm³/mol. The zero-order chi connectivity index (χ0) is 34.9. The highest BCUT2D eigenvalue weighted by Gasteiger charge is 2.41. The van der Waals surface area contributed by atoms with Gasteiger partial charge in [-0.25, -0.2) is 19.4 Å². The lowest BCUT2D eigenvalue weighted by atomic mass is 9.93. The van der Waals surface area contributed by atoms with Crippen molar-refractivity contribution in [3.8, 4) is 17.4 Å². The van der Waals surface area contributed by atoms with Crippen LogP contribution in [0.4, 0.5) is 11.6 Å². The van der Waals surface area contributed by atoms with E-state index < -0.39 is 15.9 Å². The first-order valence-corrected chi connectivity index (χ1v) is 18.9. The third-order valence-corrected chi connectivity index (χ3v) is 11.3. The van der Waals surface area contributed by atoms with Crippen LogP contribution >= 0.6 is 0 Å². The van der Waals surface area contributed by atoms with E-state index in [9.17, 15) is 13.2 Å². The number of amides is 1. The van der Waals surface area contributed by atoms with Crippen molar-refractivity contribution in [1.29, 1.82) is 0 Å². The van der Waals surface area contributed by atoms with E-state index in [-0.39, 0.29) is 28.5 Å². The molecule has 1 aromatic carbocycles. The summed E-state index contributed by atoms with van der Waals surface area (Å²) in [6.45, 7) is 8.59. The van der Waals surface area contributed by atoms with Gasteiger partial charge in [0.2, 0.25) is 10.9 Å². The number of aromatic nitrogens is 4. The summed E-state index contributed by atoms with van der Waals surface area (Å²) in [5, 5.41) is 7.50. The number of nitrogens with one attached hydrogen (secondary N) is 2. The van der Waals surface area contributed by atoms with Gasteiger partial charge < -0.3 is 19.7 Å². The molecule has 3 aliphatic rings. The van der Waals surface area contributed by atoms with Crippen LogP contribution in [0.3, 0.4) is 0 Å². The number of hydrogen-bond donors (Lipinski definition) is 2. The first-order chi connectivity index (χ1) is 24.0. The number of benzene rings is 1. The Morgan fingerprint density at radius 1 is 0.980 bits per heavy atom. The summed E-state index contributed by atoms with van der Waals surface area (Å²) in [7, 11) is -4.48. The Balaban J connectivity index is 1.19. The first kappa shape index (κ1) is 33.8. The molecule has 3 aromatic heterocycles. The number of anilines is 2. The maximum Gasteiger partial charge on any atom is 0.285 e. The van der Waals surface area contributed by atoms with Crippen LogP contribution in [0.15, 0.2) is 71.9 Å². The summed E-state index contributed by atoms with van der Waals surface area (Å²) in [5.74, 6) is 1.36. The summed E-state index contributed by atoms with van der Waals surface area (Å²) in [4.78, 5) is 25.5. The molecule has 0 unspecified atom stereocenters. The number of hydrogen-bond acceptors (Lipinski definition) is 10. The molecule has 1 saturated carbocycles. The summed E-state index contributed by atoms with van der Waals surface area (Å²) < 4.78 is 43.7. The summed E-state index contributed by atoms with van der Waals surface area (Å²) in [5.41, 5.74) is 1.14. The summed E-state index contributed by atoms with van der Waals surface area (Å²) in [6, 6.07) is 17.8.